The average Bonchev–Trinajstić information content (AvgIpc) is 2.53. The van der Waals surface area contributed by atoms with Gasteiger partial charge in [-0.2, -0.15) is 0 Å². The van der Waals surface area contributed by atoms with Crippen LogP contribution < -0.4 is 15.7 Å². The van der Waals surface area contributed by atoms with Crippen LogP contribution in [0.4, 0.5) is 4.79 Å². The third kappa shape index (κ3) is 5.47. The number of nitrogens with one attached hydrogen (secondary N) is 1. The minimum Gasteiger partial charge on any atom is -0.444 e. The van der Waals surface area contributed by atoms with Crippen LogP contribution in [0.15, 0.2) is 27.4 Å². The molecule has 0 spiro atoms. The van der Waals surface area contributed by atoms with Gasteiger partial charge in [0.15, 0.2) is 5.75 Å². The Morgan fingerprint density at radius 1 is 1.26 bits per heavy atom. The molecule has 1 atom stereocenters. The molecule has 2 rings (SSSR count). The third-order valence-electron chi connectivity index (χ3n) is 3.56. The minimum absolute atomic E-state index is 0.0309. The van der Waals surface area contributed by atoms with Gasteiger partial charge in [-0.05, 0) is 45.7 Å². The quantitative estimate of drug-likeness (QED) is 0.480. The average molecular weight is 396 g/mol. The number of benzene rings is 1. The molecule has 0 bridgehead atoms. The maximum absolute atomic E-state index is 12.2. The van der Waals surface area contributed by atoms with E-state index in [1.54, 1.807) is 26.8 Å². The molecule has 27 heavy (non-hydrogen) atoms. The minimum atomic E-state index is -0.972. The summed E-state index contributed by atoms with van der Waals surface area (Å²) in [5, 5.41) is 3.24. The number of alkyl carbamates (subject to hydrolysis) is 1. The highest BCUT2D eigenvalue weighted by atomic mass is 35.5. The van der Waals surface area contributed by atoms with Gasteiger partial charge in [0.1, 0.15) is 17.2 Å². The number of ether oxygens (including phenoxy) is 2. The Bertz CT molecular complexity index is 928. The van der Waals surface area contributed by atoms with E-state index in [0.717, 1.165) is 5.56 Å². The van der Waals surface area contributed by atoms with Gasteiger partial charge in [0.2, 0.25) is 0 Å². The SMILES string of the molecule is CCc1cc(=O)oc2cc(OC(=O)[C@@H](C)NC(=O)OC(C)(C)C)c(Cl)cc12. The van der Waals surface area contributed by atoms with Crippen molar-refractivity contribution < 1.29 is 23.5 Å². The second-order valence-corrected chi connectivity index (χ2v) is 7.42. The van der Waals surface area contributed by atoms with Crippen molar-refractivity contribution in [1.82, 2.24) is 5.32 Å². The van der Waals surface area contributed by atoms with Gasteiger partial charge in [-0.25, -0.2) is 14.4 Å². The fourth-order valence-corrected chi connectivity index (χ4v) is 2.54. The molecule has 0 aliphatic carbocycles. The molecule has 8 heteroatoms. The molecule has 1 aromatic carbocycles. The van der Waals surface area contributed by atoms with Gasteiger partial charge in [-0.1, -0.05) is 18.5 Å². The van der Waals surface area contributed by atoms with Gasteiger partial charge in [0.25, 0.3) is 0 Å². The number of hydrogen-bond acceptors (Lipinski definition) is 6. The lowest BCUT2D eigenvalue weighted by Gasteiger charge is -2.21. The number of halogens is 1. The molecular weight excluding hydrogens is 374 g/mol. The standard InChI is InChI=1S/C19H22ClNO6/c1-6-11-7-16(22)25-14-9-15(13(20)8-12(11)14)26-17(23)10(2)21-18(24)27-19(3,4)5/h7-10H,6H2,1-5H3,(H,21,24)/t10-/m1/s1. The molecule has 0 unspecified atom stereocenters. The van der Waals surface area contributed by atoms with Gasteiger partial charge < -0.3 is 19.2 Å². The van der Waals surface area contributed by atoms with Crippen molar-refractivity contribution in [3.05, 3.63) is 39.2 Å². The molecule has 146 valence electrons. The Kier molecular flexibility index (Phi) is 6.15. The zero-order valence-electron chi connectivity index (χ0n) is 15.8. The first-order chi connectivity index (χ1) is 12.5. The highest BCUT2D eigenvalue weighted by Crippen LogP contribution is 2.31. The molecule has 0 radical (unpaired) electrons. The molecule has 0 saturated heterocycles. The number of carbonyl (C=O) groups excluding carboxylic acids is 2. The van der Waals surface area contributed by atoms with Crippen LogP contribution in [0.3, 0.4) is 0 Å². The molecule has 1 aromatic heterocycles. The van der Waals surface area contributed by atoms with Crippen molar-refractivity contribution in [2.24, 2.45) is 0 Å². The number of esters is 1. The monoisotopic (exact) mass is 395 g/mol. The van der Waals surface area contributed by atoms with Crippen LogP contribution in [0.2, 0.25) is 5.02 Å². The van der Waals surface area contributed by atoms with Crippen molar-refractivity contribution >= 4 is 34.6 Å². The molecule has 1 heterocycles. The summed E-state index contributed by atoms with van der Waals surface area (Å²) < 4.78 is 15.5. The second kappa shape index (κ2) is 8.00. The van der Waals surface area contributed by atoms with Crippen LogP contribution in [0.1, 0.15) is 40.2 Å². The van der Waals surface area contributed by atoms with Gasteiger partial charge >= 0.3 is 17.7 Å². The van der Waals surface area contributed by atoms with E-state index in [2.05, 4.69) is 5.32 Å². The molecule has 1 amide bonds. The maximum atomic E-state index is 12.2. The predicted molar refractivity (Wildman–Crippen MR) is 101 cm³/mol. The van der Waals surface area contributed by atoms with Gasteiger partial charge in [-0.15, -0.1) is 0 Å². The first-order valence-electron chi connectivity index (χ1n) is 8.47. The molecule has 0 fully saturated rings. The van der Waals surface area contributed by atoms with Crippen molar-refractivity contribution in [2.75, 3.05) is 0 Å². The smallest absolute Gasteiger partial charge is 0.408 e. The van der Waals surface area contributed by atoms with Crippen LogP contribution in [0.25, 0.3) is 11.0 Å². The molecule has 7 nitrogen and oxygen atoms in total. The Morgan fingerprint density at radius 3 is 2.52 bits per heavy atom. The number of carbonyl (C=O) groups is 2. The lowest BCUT2D eigenvalue weighted by atomic mass is 10.1. The van der Waals surface area contributed by atoms with Crippen molar-refractivity contribution in [1.29, 1.82) is 0 Å². The Hall–Kier alpha value is -2.54. The van der Waals surface area contributed by atoms with Crippen molar-refractivity contribution in [2.45, 2.75) is 52.7 Å². The lowest BCUT2D eigenvalue weighted by Crippen LogP contribution is -2.43. The maximum Gasteiger partial charge on any atom is 0.408 e. The lowest BCUT2D eigenvalue weighted by molar-refractivity contribution is -0.136. The number of aryl methyl sites for hydroxylation is 1. The van der Waals surface area contributed by atoms with E-state index in [0.29, 0.717) is 11.8 Å². The molecule has 0 aliphatic heterocycles. The van der Waals surface area contributed by atoms with E-state index >= 15 is 0 Å². The Morgan fingerprint density at radius 2 is 1.93 bits per heavy atom. The second-order valence-electron chi connectivity index (χ2n) is 7.01. The Labute approximate surface area is 161 Å². The zero-order valence-corrected chi connectivity index (χ0v) is 16.6. The molecular formula is C19H22ClNO6. The van der Waals surface area contributed by atoms with E-state index in [1.807, 2.05) is 6.92 Å². The first kappa shape index (κ1) is 20.8. The summed E-state index contributed by atoms with van der Waals surface area (Å²) in [7, 11) is 0. The number of hydrogen-bond donors (Lipinski definition) is 1. The van der Waals surface area contributed by atoms with Crippen LogP contribution in [-0.2, 0) is 16.0 Å². The molecule has 0 aliphatic rings. The van der Waals surface area contributed by atoms with E-state index in [9.17, 15) is 14.4 Å². The van der Waals surface area contributed by atoms with Crippen LogP contribution in [-0.4, -0.2) is 23.7 Å². The van der Waals surface area contributed by atoms with Crippen LogP contribution >= 0.6 is 11.6 Å². The van der Waals surface area contributed by atoms with Crippen LogP contribution in [0, 0.1) is 0 Å². The third-order valence-corrected chi connectivity index (χ3v) is 3.86. The summed E-state index contributed by atoms with van der Waals surface area (Å²) in [4.78, 5) is 35.7. The summed E-state index contributed by atoms with van der Waals surface area (Å²) >= 11 is 6.20. The highest BCUT2D eigenvalue weighted by Gasteiger charge is 2.23. The number of rotatable bonds is 4. The molecule has 2 aromatic rings. The van der Waals surface area contributed by atoms with Gasteiger partial charge in [-0.3, -0.25) is 0 Å². The first-order valence-corrected chi connectivity index (χ1v) is 8.85. The Balaban J connectivity index is 2.20. The summed E-state index contributed by atoms with van der Waals surface area (Å²) in [6.45, 7) is 8.49. The van der Waals surface area contributed by atoms with E-state index in [4.69, 9.17) is 25.5 Å². The van der Waals surface area contributed by atoms with Crippen molar-refractivity contribution in [3.63, 3.8) is 0 Å². The van der Waals surface area contributed by atoms with Crippen molar-refractivity contribution in [3.8, 4) is 5.75 Å². The fourth-order valence-electron chi connectivity index (χ4n) is 2.34. The molecule has 1 N–H and O–H groups in total. The predicted octanol–water partition coefficient (Wildman–Crippen LogP) is 3.83. The van der Waals surface area contributed by atoms with Gasteiger partial charge in [0.05, 0.1) is 5.02 Å². The summed E-state index contributed by atoms with van der Waals surface area (Å²) in [5.41, 5.74) is -0.150. The normalized spacial score (nSPS) is 12.5. The summed E-state index contributed by atoms with van der Waals surface area (Å²) in [6.07, 6.45) is -0.121. The van der Waals surface area contributed by atoms with E-state index < -0.39 is 29.3 Å². The van der Waals surface area contributed by atoms with Gasteiger partial charge in [0, 0.05) is 17.5 Å². The van der Waals surface area contributed by atoms with E-state index in [-0.39, 0.29) is 16.4 Å². The zero-order chi connectivity index (χ0) is 20.4. The highest BCUT2D eigenvalue weighted by molar-refractivity contribution is 6.33. The largest absolute Gasteiger partial charge is 0.444 e. The summed E-state index contributed by atoms with van der Waals surface area (Å²) in [5.74, 6) is -0.709. The number of amides is 1. The molecule has 0 saturated carbocycles. The topological polar surface area (TPSA) is 94.8 Å². The van der Waals surface area contributed by atoms with Crippen LogP contribution in [0.5, 0.6) is 5.75 Å². The number of fused-ring (bicyclic) bond motifs is 1. The summed E-state index contributed by atoms with van der Waals surface area (Å²) in [6, 6.07) is 3.39. The van der Waals surface area contributed by atoms with E-state index in [1.165, 1.54) is 19.1 Å². The fraction of sp³-hybridized carbons (Fsp3) is 0.421.